The second-order valence-electron chi connectivity index (χ2n) is 4.86. The molecule has 2 amide bonds. The number of urea groups is 1. The number of benzene rings is 2. The molecule has 0 fully saturated rings. The Morgan fingerprint density at radius 1 is 1.00 bits per heavy atom. The quantitative estimate of drug-likeness (QED) is 0.770. The molecule has 0 bridgehead atoms. The van der Waals surface area contributed by atoms with E-state index >= 15 is 0 Å². The lowest BCUT2D eigenvalue weighted by atomic mass is 10.2. The molecule has 0 aliphatic heterocycles. The van der Waals surface area contributed by atoms with Crippen LogP contribution in [0.25, 0.3) is 0 Å². The minimum Gasteiger partial charge on any atom is -0.494 e. The predicted octanol–water partition coefficient (Wildman–Crippen LogP) is 3.23. The standard InChI is InChI=1S/C17H18F2N2O2/c18-14-6-8-15(9-7-14)23-11-3-10-20-17(22)21-12-13-4-1-2-5-16(13)19/h1-2,4-9H,3,10-12H2,(H2,20,21,22). The summed E-state index contributed by atoms with van der Waals surface area (Å²) >= 11 is 0. The maximum Gasteiger partial charge on any atom is 0.315 e. The van der Waals surface area contributed by atoms with E-state index in [0.29, 0.717) is 30.9 Å². The Balaban J connectivity index is 1.58. The number of carbonyl (C=O) groups is 1. The highest BCUT2D eigenvalue weighted by atomic mass is 19.1. The number of amides is 2. The van der Waals surface area contributed by atoms with Crippen molar-refractivity contribution >= 4 is 6.03 Å². The molecule has 23 heavy (non-hydrogen) atoms. The van der Waals surface area contributed by atoms with Crippen LogP contribution in [0.15, 0.2) is 48.5 Å². The summed E-state index contributed by atoms with van der Waals surface area (Å²) in [4.78, 5) is 11.6. The third-order valence-corrected chi connectivity index (χ3v) is 3.09. The Kier molecular flexibility index (Phi) is 6.35. The average Bonchev–Trinajstić information content (AvgIpc) is 2.55. The highest BCUT2D eigenvalue weighted by molar-refractivity contribution is 5.73. The van der Waals surface area contributed by atoms with E-state index in [2.05, 4.69) is 10.6 Å². The van der Waals surface area contributed by atoms with Gasteiger partial charge in [-0.25, -0.2) is 13.6 Å². The van der Waals surface area contributed by atoms with Crippen LogP contribution in [-0.4, -0.2) is 19.2 Å². The third-order valence-electron chi connectivity index (χ3n) is 3.09. The van der Waals surface area contributed by atoms with E-state index in [4.69, 9.17) is 4.74 Å². The number of ether oxygens (including phenoxy) is 1. The second-order valence-corrected chi connectivity index (χ2v) is 4.86. The van der Waals surface area contributed by atoms with Crippen LogP contribution >= 0.6 is 0 Å². The third kappa shape index (κ3) is 5.94. The van der Waals surface area contributed by atoms with E-state index < -0.39 is 0 Å². The molecule has 4 nitrogen and oxygen atoms in total. The van der Waals surface area contributed by atoms with Gasteiger partial charge in [-0.15, -0.1) is 0 Å². The van der Waals surface area contributed by atoms with E-state index in [0.717, 1.165) is 0 Å². The molecule has 2 N–H and O–H groups in total. The Labute approximate surface area is 133 Å². The molecule has 2 aromatic rings. The first-order valence-electron chi connectivity index (χ1n) is 7.28. The van der Waals surface area contributed by atoms with Crippen molar-refractivity contribution in [3.05, 3.63) is 65.7 Å². The molecule has 0 radical (unpaired) electrons. The Morgan fingerprint density at radius 2 is 1.74 bits per heavy atom. The zero-order valence-electron chi connectivity index (χ0n) is 12.5. The molecule has 2 aromatic carbocycles. The number of rotatable bonds is 7. The fourth-order valence-electron chi connectivity index (χ4n) is 1.87. The van der Waals surface area contributed by atoms with Crippen molar-refractivity contribution in [1.29, 1.82) is 0 Å². The largest absolute Gasteiger partial charge is 0.494 e. The molecular formula is C17H18F2N2O2. The molecule has 6 heteroatoms. The minimum atomic E-state index is -0.366. The van der Waals surface area contributed by atoms with Crippen LogP contribution in [0.4, 0.5) is 13.6 Å². The highest BCUT2D eigenvalue weighted by Crippen LogP contribution is 2.11. The van der Waals surface area contributed by atoms with Gasteiger partial charge in [-0.3, -0.25) is 0 Å². The number of carbonyl (C=O) groups excluding carboxylic acids is 1. The van der Waals surface area contributed by atoms with E-state index in [-0.39, 0.29) is 24.2 Å². The van der Waals surface area contributed by atoms with Crippen LogP contribution in [0, 0.1) is 11.6 Å². The zero-order valence-corrected chi connectivity index (χ0v) is 12.5. The molecule has 0 aromatic heterocycles. The summed E-state index contributed by atoms with van der Waals surface area (Å²) in [7, 11) is 0. The van der Waals surface area contributed by atoms with Gasteiger partial charge in [-0.2, -0.15) is 0 Å². The van der Waals surface area contributed by atoms with Gasteiger partial charge >= 0.3 is 6.03 Å². The van der Waals surface area contributed by atoms with Gasteiger partial charge in [0.05, 0.1) is 6.61 Å². The van der Waals surface area contributed by atoms with Crippen molar-refractivity contribution in [2.24, 2.45) is 0 Å². The smallest absolute Gasteiger partial charge is 0.315 e. The van der Waals surface area contributed by atoms with Gasteiger partial charge < -0.3 is 15.4 Å². The number of nitrogens with one attached hydrogen (secondary N) is 2. The maximum atomic E-state index is 13.4. The lowest BCUT2D eigenvalue weighted by molar-refractivity contribution is 0.238. The first-order chi connectivity index (χ1) is 11.1. The van der Waals surface area contributed by atoms with Crippen molar-refractivity contribution in [3.8, 4) is 5.75 Å². The Bertz CT molecular complexity index is 633. The van der Waals surface area contributed by atoms with E-state index in [1.807, 2.05) is 0 Å². The second kappa shape index (κ2) is 8.73. The fourth-order valence-corrected chi connectivity index (χ4v) is 1.87. The summed E-state index contributed by atoms with van der Waals surface area (Å²) in [6.07, 6.45) is 0.602. The molecule has 0 aliphatic rings. The first kappa shape index (κ1) is 16.7. The topological polar surface area (TPSA) is 50.4 Å². The molecular weight excluding hydrogens is 302 g/mol. The summed E-state index contributed by atoms with van der Waals surface area (Å²) in [6, 6.07) is 11.6. The van der Waals surface area contributed by atoms with Gasteiger partial charge in [0.25, 0.3) is 0 Å². The molecule has 0 spiro atoms. The maximum absolute atomic E-state index is 13.4. The van der Waals surface area contributed by atoms with Crippen LogP contribution < -0.4 is 15.4 Å². The van der Waals surface area contributed by atoms with Gasteiger partial charge in [-0.1, -0.05) is 18.2 Å². The van der Waals surface area contributed by atoms with E-state index in [9.17, 15) is 13.6 Å². The molecule has 0 unspecified atom stereocenters. The molecule has 122 valence electrons. The lowest BCUT2D eigenvalue weighted by Gasteiger charge is -2.09. The molecule has 0 atom stereocenters. The summed E-state index contributed by atoms with van der Waals surface area (Å²) < 4.78 is 31.5. The molecule has 0 heterocycles. The SMILES string of the molecule is O=C(NCCCOc1ccc(F)cc1)NCc1ccccc1F. The van der Waals surface area contributed by atoms with Crippen LogP contribution in [0.5, 0.6) is 5.75 Å². The van der Waals surface area contributed by atoms with Crippen molar-refractivity contribution in [3.63, 3.8) is 0 Å². The van der Waals surface area contributed by atoms with Crippen molar-refractivity contribution < 1.29 is 18.3 Å². The van der Waals surface area contributed by atoms with Gasteiger partial charge in [0.1, 0.15) is 17.4 Å². The van der Waals surface area contributed by atoms with Gasteiger partial charge in [0.15, 0.2) is 0 Å². The van der Waals surface area contributed by atoms with Crippen LogP contribution in [0.2, 0.25) is 0 Å². The summed E-state index contributed by atoms with van der Waals surface area (Å²) in [5, 5.41) is 5.24. The average molecular weight is 320 g/mol. The molecule has 2 rings (SSSR count). The Morgan fingerprint density at radius 3 is 2.48 bits per heavy atom. The monoisotopic (exact) mass is 320 g/mol. The minimum absolute atomic E-state index is 0.130. The molecule has 0 aliphatic carbocycles. The van der Waals surface area contributed by atoms with Crippen molar-refractivity contribution in [2.75, 3.05) is 13.2 Å². The summed E-state index contributed by atoms with van der Waals surface area (Å²) in [6.45, 7) is 0.952. The fraction of sp³-hybridized carbons (Fsp3) is 0.235. The highest BCUT2D eigenvalue weighted by Gasteiger charge is 2.03. The van der Waals surface area contributed by atoms with Gasteiger partial charge in [-0.05, 0) is 36.8 Å². The normalized spacial score (nSPS) is 10.2. The number of hydrogen-bond donors (Lipinski definition) is 2. The van der Waals surface area contributed by atoms with Crippen LogP contribution in [0.1, 0.15) is 12.0 Å². The molecule has 0 saturated heterocycles. The Hall–Kier alpha value is -2.63. The van der Waals surface area contributed by atoms with E-state index in [1.165, 1.54) is 18.2 Å². The zero-order chi connectivity index (χ0) is 16.5. The van der Waals surface area contributed by atoms with Gasteiger partial charge in [0, 0.05) is 18.7 Å². The van der Waals surface area contributed by atoms with Crippen molar-refractivity contribution in [1.82, 2.24) is 10.6 Å². The first-order valence-corrected chi connectivity index (χ1v) is 7.28. The number of hydrogen-bond acceptors (Lipinski definition) is 2. The molecule has 0 saturated carbocycles. The summed E-state index contributed by atoms with van der Waals surface area (Å²) in [5.74, 6) is -0.0820. The summed E-state index contributed by atoms with van der Waals surface area (Å²) in [5.41, 5.74) is 0.433. The van der Waals surface area contributed by atoms with Crippen LogP contribution in [0.3, 0.4) is 0 Å². The predicted molar refractivity (Wildman–Crippen MR) is 83.2 cm³/mol. The van der Waals surface area contributed by atoms with Crippen LogP contribution in [-0.2, 0) is 6.54 Å². The van der Waals surface area contributed by atoms with Crippen molar-refractivity contribution in [2.45, 2.75) is 13.0 Å². The number of halogens is 2. The van der Waals surface area contributed by atoms with Gasteiger partial charge in [0.2, 0.25) is 0 Å². The lowest BCUT2D eigenvalue weighted by Crippen LogP contribution is -2.36. The van der Waals surface area contributed by atoms with E-state index in [1.54, 1.807) is 30.3 Å².